The number of carbonyl (C=O) groups excluding carboxylic acids is 2. The first kappa shape index (κ1) is 9.48. The normalized spacial score (nSPS) is 8.09. The van der Waals surface area contributed by atoms with Gasteiger partial charge in [0.1, 0.15) is 0 Å². The van der Waals surface area contributed by atoms with Crippen LogP contribution in [-0.4, -0.2) is 18.9 Å². The van der Waals surface area contributed by atoms with Crippen LogP contribution < -0.4 is 0 Å². The summed E-state index contributed by atoms with van der Waals surface area (Å²) in [7, 11) is 0. The van der Waals surface area contributed by atoms with Gasteiger partial charge in [-0.1, -0.05) is 6.58 Å². The highest BCUT2D eigenvalue weighted by Crippen LogP contribution is 1.86. The van der Waals surface area contributed by atoms with E-state index in [0.717, 1.165) is 6.26 Å². The van der Waals surface area contributed by atoms with Crippen LogP contribution in [0.5, 0.6) is 0 Å². The third-order valence-corrected chi connectivity index (χ3v) is 0.619. The number of hydrogen-bond donors (Lipinski definition) is 0. The van der Waals surface area contributed by atoms with Gasteiger partial charge in [0.05, 0.1) is 6.26 Å². The fourth-order valence-corrected chi connectivity index (χ4v) is 0.263. The van der Waals surface area contributed by atoms with Gasteiger partial charge in [0.15, 0.2) is 0 Å². The summed E-state index contributed by atoms with van der Waals surface area (Å²) >= 11 is 0. The Balaban J connectivity index is 3.31. The van der Waals surface area contributed by atoms with Crippen LogP contribution >= 0.6 is 0 Å². The summed E-state index contributed by atoms with van der Waals surface area (Å²) in [4.78, 5) is 20.4. The molecule has 5 nitrogen and oxygen atoms in total. The zero-order valence-electron chi connectivity index (χ0n) is 6.03. The Morgan fingerprint density at radius 1 is 1.45 bits per heavy atom. The lowest BCUT2D eigenvalue weighted by Crippen LogP contribution is -2.09. The largest absolute Gasteiger partial charge is 0.516 e. The second kappa shape index (κ2) is 5.28. The minimum absolute atomic E-state index is 0.442. The predicted molar refractivity (Wildman–Crippen MR) is 34.4 cm³/mol. The molecule has 0 unspecified atom stereocenters. The summed E-state index contributed by atoms with van der Waals surface area (Å²) < 4.78 is 12.6. The molecule has 0 rings (SSSR count). The van der Waals surface area contributed by atoms with Gasteiger partial charge in [-0.25, -0.2) is 4.79 Å². The lowest BCUT2D eigenvalue weighted by atomic mass is 10.8. The van der Waals surface area contributed by atoms with Crippen molar-refractivity contribution >= 4 is 12.1 Å². The SMILES string of the molecule is C=COC(=O)OCOC(C)=O. The van der Waals surface area contributed by atoms with E-state index in [0.29, 0.717) is 0 Å². The van der Waals surface area contributed by atoms with Crippen molar-refractivity contribution in [1.29, 1.82) is 0 Å². The van der Waals surface area contributed by atoms with E-state index in [1.54, 1.807) is 0 Å². The summed E-state index contributed by atoms with van der Waals surface area (Å²) in [6.45, 7) is 3.87. The Morgan fingerprint density at radius 3 is 2.55 bits per heavy atom. The van der Waals surface area contributed by atoms with Crippen molar-refractivity contribution in [3.8, 4) is 0 Å². The number of rotatable bonds is 3. The zero-order valence-corrected chi connectivity index (χ0v) is 6.03. The molecule has 0 atom stereocenters. The van der Waals surface area contributed by atoms with Gasteiger partial charge in [0.2, 0.25) is 6.79 Å². The highest BCUT2D eigenvalue weighted by molar-refractivity contribution is 5.66. The van der Waals surface area contributed by atoms with Crippen molar-refractivity contribution in [1.82, 2.24) is 0 Å². The molecular formula is C6H8O5. The molecule has 0 saturated carbocycles. The van der Waals surface area contributed by atoms with Crippen LogP contribution in [0.3, 0.4) is 0 Å². The van der Waals surface area contributed by atoms with Crippen LogP contribution in [0.4, 0.5) is 4.79 Å². The number of carbonyl (C=O) groups is 2. The van der Waals surface area contributed by atoms with Crippen LogP contribution in [0.25, 0.3) is 0 Å². The van der Waals surface area contributed by atoms with Crippen LogP contribution in [0.2, 0.25) is 0 Å². The van der Waals surface area contributed by atoms with Gasteiger partial charge >= 0.3 is 12.1 Å². The Hall–Kier alpha value is -1.52. The van der Waals surface area contributed by atoms with E-state index >= 15 is 0 Å². The summed E-state index contributed by atoms with van der Waals surface area (Å²) in [5, 5.41) is 0. The first-order valence-corrected chi connectivity index (χ1v) is 2.74. The summed E-state index contributed by atoms with van der Waals surface area (Å²) in [5.74, 6) is -0.531. The molecule has 0 aromatic heterocycles. The minimum atomic E-state index is -0.957. The smallest absolute Gasteiger partial charge is 0.428 e. The molecule has 0 bridgehead atoms. The van der Waals surface area contributed by atoms with Crippen LogP contribution in [0, 0.1) is 0 Å². The average molecular weight is 160 g/mol. The highest BCUT2D eigenvalue weighted by atomic mass is 16.8. The molecule has 62 valence electrons. The Morgan fingerprint density at radius 2 is 2.09 bits per heavy atom. The molecule has 0 N–H and O–H groups in total. The lowest BCUT2D eigenvalue weighted by Gasteiger charge is -2.01. The molecule has 11 heavy (non-hydrogen) atoms. The van der Waals surface area contributed by atoms with E-state index in [-0.39, 0.29) is 0 Å². The molecule has 0 aliphatic rings. The van der Waals surface area contributed by atoms with Gasteiger partial charge in [0, 0.05) is 6.92 Å². The number of ether oxygens (including phenoxy) is 3. The number of hydrogen-bond acceptors (Lipinski definition) is 5. The van der Waals surface area contributed by atoms with Crippen LogP contribution in [-0.2, 0) is 19.0 Å². The fraction of sp³-hybridized carbons (Fsp3) is 0.333. The van der Waals surface area contributed by atoms with Crippen LogP contribution in [0.1, 0.15) is 6.92 Å². The summed E-state index contributed by atoms with van der Waals surface area (Å²) in [6, 6.07) is 0. The van der Waals surface area contributed by atoms with E-state index < -0.39 is 18.9 Å². The minimum Gasteiger partial charge on any atom is -0.428 e. The molecular weight excluding hydrogens is 152 g/mol. The van der Waals surface area contributed by atoms with Gasteiger partial charge in [-0.05, 0) is 0 Å². The maximum absolute atomic E-state index is 10.3. The first-order valence-electron chi connectivity index (χ1n) is 2.74. The van der Waals surface area contributed by atoms with Crippen molar-refractivity contribution in [2.45, 2.75) is 6.92 Å². The lowest BCUT2D eigenvalue weighted by molar-refractivity contribution is -0.150. The molecule has 0 amide bonds. The average Bonchev–Trinajstić information content (AvgIpc) is 1.87. The maximum atomic E-state index is 10.3. The molecule has 0 aromatic carbocycles. The third-order valence-electron chi connectivity index (χ3n) is 0.619. The Labute approximate surface area is 63.5 Å². The maximum Gasteiger partial charge on any atom is 0.516 e. The van der Waals surface area contributed by atoms with Crippen LogP contribution in [0.15, 0.2) is 12.8 Å². The Kier molecular flexibility index (Phi) is 4.55. The molecule has 0 fully saturated rings. The standard InChI is InChI=1S/C6H8O5/c1-3-9-6(8)11-4-10-5(2)7/h3H,1,4H2,2H3. The van der Waals surface area contributed by atoms with Gasteiger partial charge in [-0.15, -0.1) is 0 Å². The zero-order chi connectivity index (χ0) is 8.69. The molecule has 5 heteroatoms. The van der Waals surface area contributed by atoms with Gasteiger partial charge in [-0.2, -0.15) is 0 Å². The predicted octanol–water partition coefficient (Wildman–Crippen LogP) is 0.804. The molecule has 0 saturated heterocycles. The summed E-state index contributed by atoms with van der Waals surface area (Å²) in [5.41, 5.74) is 0. The second-order valence-corrected chi connectivity index (χ2v) is 1.43. The Bertz CT molecular complexity index is 162. The molecule has 0 aliphatic carbocycles. The van der Waals surface area contributed by atoms with Gasteiger partial charge < -0.3 is 14.2 Å². The van der Waals surface area contributed by atoms with Gasteiger partial charge in [-0.3, -0.25) is 4.79 Å². The van der Waals surface area contributed by atoms with E-state index in [2.05, 4.69) is 20.8 Å². The quantitative estimate of drug-likeness (QED) is 0.347. The van der Waals surface area contributed by atoms with Crippen molar-refractivity contribution in [2.75, 3.05) is 6.79 Å². The van der Waals surface area contributed by atoms with Crippen molar-refractivity contribution < 1.29 is 23.8 Å². The highest BCUT2D eigenvalue weighted by Gasteiger charge is 2.00. The monoisotopic (exact) mass is 160 g/mol. The first-order chi connectivity index (χ1) is 5.16. The molecule has 0 spiro atoms. The fourth-order valence-electron chi connectivity index (χ4n) is 0.263. The molecule has 0 radical (unpaired) electrons. The third kappa shape index (κ3) is 6.36. The number of esters is 1. The second-order valence-electron chi connectivity index (χ2n) is 1.43. The topological polar surface area (TPSA) is 61.8 Å². The molecule has 0 aromatic rings. The van der Waals surface area contributed by atoms with Crippen molar-refractivity contribution in [3.63, 3.8) is 0 Å². The van der Waals surface area contributed by atoms with Crippen molar-refractivity contribution in [3.05, 3.63) is 12.8 Å². The molecule has 0 heterocycles. The van der Waals surface area contributed by atoms with E-state index in [4.69, 9.17) is 0 Å². The van der Waals surface area contributed by atoms with E-state index in [9.17, 15) is 9.59 Å². The van der Waals surface area contributed by atoms with Crippen molar-refractivity contribution in [2.24, 2.45) is 0 Å². The van der Waals surface area contributed by atoms with E-state index in [1.807, 2.05) is 0 Å². The van der Waals surface area contributed by atoms with E-state index in [1.165, 1.54) is 6.92 Å². The molecule has 0 aliphatic heterocycles. The summed E-state index contributed by atoms with van der Waals surface area (Å²) in [6.07, 6.45) is -0.0444. The van der Waals surface area contributed by atoms with Gasteiger partial charge in [0.25, 0.3) is 0 Å².